The summed E-state index contributed by atoms with van der Waals surface area (Å²) in [7, 11) is 0. The Morgan fingerprint density at radius 1 is 1.50 bits per heavy atom. The van der Waals surface area contributed by atoms with Gasteiger partial charge >= 0.3 is 5.97 Å². The maximum absolute atomic E-state index is 10.3. The van der Waals surface area contributed by atoms with E-state index in [1.807, 2.05) is 6.92 Å². The lowest BCUT2D eigenvalue weighted by Gasteiger charge is -1.90. The Labute approximate surface area is 107 Å². The van der Waals surface area contributed by atoms with E-state index in [0.29, 0.717) is 16.7 Å². The zero-order valence-corrected chi connectivity index (χ0v) is 10.4. The molecule has 0 bridgehead atoms. The van der Waals surface area contributed by atoms with Crippen LogP contribution in [0.3, 0.4) is 0 Å². The van der Waals surface area contributed by atoms with Crippen molar-refractivity contribution < 1.29 is 18.8 Å². The summed E-state index contributed by atoms with van der Waals surface area (Å²) >= 11 is 1.20. The van der Waals surface area contributed by atoms with Crippen LogP contribution in [0, 0.1) is 0 Å². The Bertz CT molecular complexity index is 537. The highest BCUT2D eigenvalue weighted by Gasteiger charge is 2.13. The number of carbonyl (C=O) groups is 1. The van der Waals surface area contributed by atoms with Gasteiger partial charge in [-0.2, -0.15) is 0 Å². The standard InChI is InChI=1S/C10H11N3O4S/c1-2-6-5-7(13-17-6)9-11-12-10(16-9)18-4-3-8(14)15/h5H,2-4H2,1H3,(H,14,15). The molecule has 8 heteroatoms. The summed E-state index contributed by atoms with van der Waals surface area (Å²) in [6.07, 6.45) is 0.785. The van der Waals surface area contributed by atoms with Crippen molar-refractivity contribution in [1.82, 2.24) is 15.4 Å². The third-order valence-corrected chi connectivity index (χ3v) is 2.89. The number of nitrogens with zero attached hydrogens (tertiary/aromatic N) is 3. The van der Waals surface area contributed by atoms with Crippen molar-refractivity contribution in [3.8, 4) is 11.6 Å². The van der Waals surface area contributed by atoms with E-state index >= 15 is 0 Å². The molecule has 2 heterocycles. The van der Waals surface area contributed by atoms with Crippen LogP contribution in [0.15, 0.2) is 20.2 Å². The van der Waals surface area contributed by atoms with Crippen LogP contribution in [0.1, 0.15) is 19.1 Å². The summed E-state index contributed by atoms with van der Waals surface area (Å²) in [5.74, 6) is 0.543. The van der Waals surface area contributed by atoms with Crippen LogP contribution in [-0.4, -0.2) is 32.2 Å². The SMILES string of the molecule is CCc1cc(-c2nnc(SCCC(=O)O)o2)no1. The van der Waals surface area contributed by atoms with E-state index < -0.39 is 5.97 Å². The van der Waals surface area contributed by atoms with Gasteiger partial charge in [0.2, 0.25) is 0 Å². The molecule has 1 N–H and O–H groups in total. The molecule has 0 aliphatic rings. The number of hydrogen-bond donors (Lipinski definition) is 1. The van der Waals surface area contributed by atoms with Gasteiger partial charge in [0.05, 0.1) is 6.42 Å². The Kier molecular flexibility index (Phi) is 3.98. The number of hydrogen-bond acceptors (Lipinski definition) is 7. The molecule has 18 heavy (non-hydrogen) atoms. The van der Waals surface area contributed by atoms with E-state index in [1.165, 1.54) is 11.8 Å². The molecule has 0 saturated carbocycles. The summed E-state index contributed by atoms with van der Waals surface area (Å²) in [6.45, 7) is 1.95. The molecule has 0 amide bonds. The third-order valence-electron chi connectivity index (χ3n) is 2.07. The number of rotatable bonds is 6. The van der Waals surface area contributed by atoms with Crippen LogP contribution >= 0.6 is 11.8 Å². The highest BCUT2D eigenvalue weighted by Crippen LogP contribution is 2.23. The van der Waals surface area contributed by atoms with E-state index in [-0.39, 0.29) is 12.3 Å². The molecule has 7 nitrogen and oxygen atoms in total. The fourth-order valence-electron chi connectivity index (χ4n) is 1.18. The molecule has 0 spiro atoms. The van der Waals surface area contributed by atoms with Crippen LogP contribution < -0.4 is 0 Å². The molecule has 0 unspecified atom stereocenters. The van der Waals surface area contributed by atoms with Crippen molar-refractivity contribution in [2.24, 2.45) is 0 Å². The number of aromatic nitrogens is 3. The van der Waals surface area contributed by atoms with Crippen LogP contribution in [0.5, 0.6) is 0 Å². The first kappa shape index (κ1) is 12.6. The number of carboxylic acid groups (broad SMARTS) is 1. The largest absolute Gasteiger partial charge is 0.481 e. The lowest BCUT2D eigenvalue weighted by molar-refractivity contribution is -0.136. The van der Waals surface area contributed by atoms with Crippen molar-refractivity contribution in [3.05, 3.63) is 11.8 Å². The highest BCUT2D eigenvalue weighted by atomic mass is 32.2. The van der Waals surface area contributed by atoms with Gasteiger partial charge in [-0.25, -0.2) is 0 Å². The summed E-state index contributed by atoms with van der Waals surface area (Å²) in [6, 6.07) is 1.74. The maximum Gasteiger partial charge on any atom is 0.304 e. The Morgan fingerprint density at radius 3 is 3.00 bits per heavy atom. The highest BCUT2D eigenvalue weighted by molar-refractivity contribution is 7.99. The first-order chi connectivity index (χ1) is 8.69. The Balaban J connectivity index is 1.99. The van der Waals surface area contributed by atoms with Crippen LogP contribution in [0.4, 0.5) is 0 Å². The molecule has 0 atom stereocenters. The summed E-state index contributed by atoms with van der Waals surface area (Å²) < 4.78 is 10.4. The molecule has 0 aromatic carbocycles. The minimum atomic E-state index is -0.855. The Morgan fingerprint density at radius 2 is 2.33 bits per heavy atom. The second kappa shape index (κ2) is 5.67. The van der Waals surface area contributed by atoms with E-state index in [2.05, 4.69) is 15.4 Å². The first-order valence-corrected chi connectivity index (χ1v) is 6.31. The first-order valence-electron chi connectivity index (χ1n) is 5.33. The minimum Gasteiger partial charge on any atom is -0.481 e. The molecule has 96 valence electrons. The number of aliphatic carboxylic acids is 1. The minimum absolute atomic E-state index is 0.0479. The van der Waals surface area contributed by atoms with Gasteiger partial charge in [0.25, 0.3) is 11.1 Å². The average Bonchev–Trinajstić information content (AvgIpc) is 2.95. The van der Waals surface area contributed by atoms with Crippen LogP contribution in [0.2, 0.25) is 0 Å². The van der Waals surface area contributed by atoms with E-state index in [1.54, 1.807) is 6.07 Å². The molecule has 2 aromatic rings. The lowest BCUT2D eigenvalue weighted by Crippen LogP contribution is -1.95. The fourth-order valence-corrected chi connectivity index (χ4v) is 1.87. The van der Waals surface area contributed by atoms with Crippen LogP contribution in [0.25, 0.3) is 11.6 Å². The smallest absolute Gasteiger partial charge is 0.304 e. The van der Waals surface area contributed by atoms with Crippen molar-refractivity contribution in [2.75, 3.05) is 5.75 Å². The topological polar surface area (TPSA) is 102 Å². The van der Waals surface area contributed by atoms with Gasteiger partial charge in [-0.15, -0.1) is 10.2 Å². The zero-order valence-electron chi connectivity index (χ0n) is 9.62. The predicted molar refractivity (Wildman–Crippen MR) is 62.1 cm³/mol. The molecular weight excluding hydrogens is 258 g/mol. The zero-order chi connectivity index (χ0) is 13.0. The van der Waals surface area contributed by atoms with Crippen molar-refractivity contribution in [3.63, 3.8) is 0 Å². The van der Waals surface area contributed by atoms with Crippen molar-refractivity contribution in [1.29, 1.82) is 0 Å². The molecule has 2 rings (SSSR count). The van der Waals surface area contributed by atoms with Gasteiger partial charge in [0.1, 0.15) is 5.76 Å². The third kappa shape index (κ3) is 3.10. The second-order valence-corrected chi connectivity index (χ2v) is 4.44. The number of carboxylic acids is 1. The molecule has 2 aromatic heterocycles. The monoisotopic (exact) mass is 269 g/mol. The van der Waals surface area contributed by atoms with Crippen molar-refractivity contribution >= 4 is 17.7 Å². The molecule has 0 saturated heterocycles. The fraction of sp³-hybridized carbons (Fsp3) is 0.400. The molecular formula is C10H11N3O4S. The molecule has 0 aliphatic heterocycles. The number of thioether (sulfide) groups is 1. The van der Waals surface area contributed by atoms with Crippen LogP contribution in [-0.2, 0) is 11.2 Å². The lowest BCUT2D eigenvalue weighted by atomic mass is 10.3. The normalized spacial score (nSPS) is 10.7. The van der Waals surface area contributed by atoms with Gasteiger partial charge < -0.3 is 14.0 Å². The maximum atomic E-state index is 10.3. The second-order valence-electron chi connectivity index (χ2n) is 3.40. The van der Waals surface area contributed by atoms with E-state index in [0.717, 1.165) is 12.2 Å². The quantitative estimate of drug-likeness (QED) is 0.792. The van der Waals surface area contributed by atoms with Gasteiger partial charge in [0, 0.05) is 18.2 Å². The summed E-state index contributed by atoms with van der Waals surface area (Å²) in [4.78, 5) is 10.3. The Hall–Kier alpha value is -1.83. The average molecular weight is 269 g/mol. The van der Waals surface area contributed by atoms with Gasteiger partial charge in [0.15, 0.2) is 5.69 Å². The molecule has 0 fully saturated rings. The number of aryl methyl sites for hydroxylation is 1. The van der Waals surface area contributed by atoms with E-state index in [9.17, 15) is 4.79 Å². The molecule has 0 aliphatic carbocycles. The summed E-state index contributed by atoms with van der Waals surface area (Å²) in [5, 5.41) is 20.3. The van der Waals surface area contributed by atoms with Gasteiger partial charge in [-0.1, -0.05) is 23.8 Å². The van der Waals surface area contributed by atoms with Gasteiger partial charge in [-0.3, -0.25) is 4.79 Å². The molecule has 0 radical (unpaired) electrons. The van der Waals surface area contributed by atoms with E-state index in [4.69, 9.17) is 14.0 Å². The predicted octanol–water partition coefficient (Wildman–Crippen LogP) is 1.85. The summed E-state index contributed by atoms with van der Waals surface area (Å²) in [5.41, 5.74) is 0.490. The van der Waals surface area contributed by atoms with Crippen molar-refractivity contribution in [2.45, 2.75) is 25.0 Å². The van der Waals surface area contributed by atoms with Gasteiger partial charge in [-0.05, 0) is 0 Å².